The predicted molar refractivity (Wildman–Crippen MR) is 101 cm³/mol. The lowest BCUT2D eigenvalue weighted by Gasteiger charge is -2.49. The summed E-state index contributed by atoms with van der Waals surface area (Å²) < 4.78 is 4.85. The summed E-state index contributed by atoms with van der Waals surface area (Å²) in [5.74, 6) is -6.06. The lowest BCUT2D eigenvalue weighted by molar-refractivity contribution is -0.152. The number of thiophene rings is 1. The van der Waals surface area contributed by atoms with Crippen LogP contribution >= 0.6 is 23.1 Å². The topological polar surface area (TPSA) is 150 Å². The number of aliphatic carboxylic acids is 2. The van der Waals surface area contributed by atoms with Crippen LogP contribution in [0.2, 0.25) is 0 Å². The second-order valence-electron chi connectivity index (χ2n) is 6.22. The van der Waals surface area contributed by atoms with E-state index in [-0.39, 0.29) is 23.6 Å². The van der Waals surface area contributed by atoms with Gasteiger partial charge in [0.05, 0.1) is 0 Å². The van der Waals surface area contributed by atoms with Crippen LogP contribution in [0, 0.1) is 0 Å². The maximum Gasteiger partial charge on any atom is 0.352 e. The summed E-state index contributed by atoms with van der Waals surface area (Å²) in [4.78, 5) is 60.6. The van der Waals surface area contributed by atoms with Crippen LogP contribution in [0.3, 0.4) is 0 Å². The summed E-state index contributed by atoms with van der Waals surface area (Å²) in [6.45, 7) is 0.934. The van der Waals surface area contributed by atoms with Gasteiger partial charge >= 0.3 is 17.9 Å². The number of carboxylic acid groups (broad SMARTS) is 2. The van der Waals surface area contributed by atoms with E-state index >= 15 is 0 Å². The fourth-order valence-electron chi connectivity index (χ4n) is 3.04. The summed E-state index contributed by atoms with van der Waals surface area (Å²) in [6.07, 6.45) is 0. The Morgan fingerprint density at radius 1 is 1.34 bits per heavy atom. The van der Waals surface area contributed by atoms with Crippen molar-refractivity contribution in [2.24, 2.45) is 0 Å². The molecule has 0 bridgehead atoms. The van der Waals surface area contributed by atoms with Gasteiger partial charge in [-0.05, 0) is 11.4 Å². The van der Waals surface area contributed by atoms with Gasteiger partial charge in [-0.1, -0.05) is 6.07 Å². The number of amides is 2. The Kier molecular flexibility index (Phi) is 5.94. The van der Waals surface area contributed by atoms with Crippen LogP contribution in [0.4, 0.5) is 0 Å². The second-order valence-corrected chi connectivity index (χ2v) is 8.30. The van der Waals surface area contributed by atoms with E-state index in [1.165, 1.54) is 24.8 Å². The first kappa shape index (κ1) is 20.9. The minimum atomic E-state index is -1.46. The molecule has 0 aliphatic carbocycles. The quantitative estimate of drug-likeness (QED) is 0.307. The third-order valence-corrected chi connectivity index (χ3v) is 6.61. The first-order valence-corrected chi connectivity index (χ1v) is 10.2. The molecule has 1 saturated heterocycles. The van der Waals surface area contributed by atoms with Crippen molar-refractivity contribution >= 4 is 52.8 Å². The van der Waals surface area contributed by atoms with Crippen molar-refractivity contribution < 1.29 is 38.9 Å². The van der Waals surface area contributed by atoms with Crippen LogP contribution in [0.25, 0.3) is 0 Å². The molecule has 3 N–H and O–H groups in total. The molecule has 0 aromatic carbocycles. The Hall–Kier alpha value is -2.86. The lowest BCUT2D eigenvalue weighted by Crippen LogP contribution is -2.71. The van der Waals surface area contributed by atoms with E-state index in [0.29, 0.717) is 4.88 Å². The molecular weight excluding hydrogens is 424 g/mol. The molecule has 10 nitrogen and oxygen atoms in total. The number of carboxylic acids is 2. The van der Waals surface area contributed by atoms with Crippen molar-refractivity contribution in [3.8, 4) is 0 Å². The number of hydrogen-bond donors (Lipinski definition) is 3. The largest absolute Gasteiger partial charge is 0.480 e. The number of rotatable bonds is 7. The molecule has 154 valence electrons. The zero-order valence-corrected chi connectivity index (χ0v) is 16.6. The predicted octanol–water partition coefficient (Wildman–Crippen LogP) is 0.218. The average Bonchev–Trinajstić information content (AvgIpc) is 3.17. The van der Waals surface area contributed by atoms with Crippen molar-refractivity contribution in [1.82, 2.24) is 10.2 Å². The van der Waals surface area contributed by atoms with E-state index in [9.17, 15) is 34.2 Å². The molecule has 0 radical (unpaired) electrons. The number of hydrogen-bond acceptors (Lipinski definition) is 8. The molecule has 2 unspecified atom stereocenters. The smallest absolute Gasteiger partial charge is 0.352 e. The maximum absolute atomic E-state index is 12.6. The normalized spacial score (nSPS) is 21.7. The van der Waals surface area contributed by atoms with E-state index in [1.807, 2.05) is 0 Å². The average molecular weight is 440 g/mol. The maximum atomic E-state index is 12.6. The highest BCUT2D eigenvalue weighted by Gasteiger charge is 2.54. The highest BCUT2D eigenvalue weighted by Crippen LogP contribution is 2.40. The van der Waals surface area contributed by atoms with Crippen LogP contribution in [0.5, 0.6) is 0 Å². The van der Waals surface area contributed by atoms with Gasteiger partial charge < -0.3 is 20.3 Å². The molecule has 3 heterocycles. The number of esters is 1. The lowest BCUT2D eigenvalue weighted by atomic mass is 10.0. The summed E-state index contributed by atoms with van der Waals surface area (Å²) in [7, 11) is 0. The molecule has 2 amide bonds. The Morgan fingerprint density at radius 2 is 2.07 bits per heavy atom. The van der Waals surface area contributed by atoms with Gasteiger partial charge in [0.2, 0.25) is 5.91 Å². The second kappa shape index (κ2) is 8.25. The first-order valence-electron chi connectivity index (χ1n) is 8.32. The Bertz CT molecular complexity index is 911. The van der Waals surface area contributed by atoms with Crippen LogP contribution in [-0.4, -0.2) is 68.6 Å². The summed E-state index contributed by atoms with van der Waals surface area (Å²) >= 11 is 2.31. The van der Waals surface area contributed by atoms with Crippen molar-refractivity contribution in [2.45, 2.75) is 24.3 Å². The van der Waals surface area contributed by atoms with Gasteiger partial charge in [-0.15, -0.1) is 23.1 Å². The molecule has 0 spiro atoms. The highest BCUT2D eigenvalue weighted by molar-refractivity contribution is 8.00. The van der Waals surface area contributed by atoms with Gasteiger partial charge in [0.15, 0.2) is 5.92 Å². The van der Waals surface area contributed by atoms with Gasteiger partial charge in [-0.2, -0.15) is 0 Å². The molecule has 12 heteroatoms. The number of fused-ring (bicyclic) bond motifs is 1. The number of ether oxygens (including phenoxy) is 1. The Labute approximate surface area is 172 Å². The fourth-order valence-corrected chi connectivity index (χ4v) is 5.18. The molecule has 1 aromatic heterocycles. The fraction of sp³-hybridized carbons (Fsp3) is 0.353. The molecule has 1 fully saturated rings. The summed E-state index contributed by atoms with van der Waals surface area (Å²) in [5.41, 5.74) is -0.00684. The SMILES string of the molecule is CC(=O)OCC1=C(C(=O)O)N2C(=O)C(NC(=O)C(C(=O)O)c3cccs3)[C@@H]2SC1. The van der Waals surface area contributed by atoms with Crippen molar-refractivity contribution in [3.63, 3.8) is 0 Å². The van der Waals surface area contributed by atoms with E-state index in [2.05, 4.69) is 5.32 Å². The number of carbonyl (C=O) groups excluding carboxylic acids is 3. The van der Waals surface area contributed by atoms with Crippen LogP contribution in [0.15, 0.2) is 28.8 Å². The highest BCUT2D eigenvalue weighted by atomic mass is 32.2. The monoisotopic (exact) mass is 440 g/mol. The zero-order valence-electron chi connectivity index (χ0n) is 15.0. The van der Waals surface area contributed by atoms with Gasteiger partial charge in [0.25, 0.3) is 5.91 Å². The summed E-state index contributed by atoms with van der Waals surface area (Å²) in [5, 5.41) is 22.3. The summed E-state index contributed by atoms with van der Waals surface area (Å²) in [6, 6.07) is 2.09. The zero-order chi connectivity index (χ0) is 21.3. The van der Waals surface area contributed by atoms with Gasteiger partial charge in [-0.25, -0.2) is 4.79 Å². The molecule has 0 saturated carbocycles. The van der Waals surface area contributed by atoms with Crippen LogP contribution in [0.1, 0.15) is 17.7 Å². The van der Waals surface area contributed by atoms with E-state index in [1.54, 1.807) is 11.4 Å². The standard InChI is InChI=1S/C17H16N2O8S2/c1-7(20)27-5-8-6-29-15-11(14(22)19(15)12(8)17(25)26)18-13(21)10(16(23)24)9-3-2-4-28-9/h2-4,10-11,15H,5-6H2,1H3,(H,18,21)(H,23,24)(H,25,26)/t10?,11?,15-/m0/s1. The minimum Gasteiger partial charge on any atom is -0.480 e. The molecule has 2 aliphatic heterocycles. The molecule has 1 aromatic rings. The van der Waals surface area contributed by atoms with Gasteiger partial charge in [-0.3, -0.25) is 24.1 Å². The van der Waals surface area contributed by atoms with E-state index in [4.69, 9.17) is 4.74 Å². The minimum absolute atomic E-state index is 0.184. The van der Waals surface area contributed by atoms with Crippen LogP contribution < -0.4 is 5.32 Å². The number of β-lactam (4-membered cyclic amide) rings is 1. The number of nitrogens with one attached hydrogen (secondary N) is 1. The third kappa shape index (κ3) is 3.98. The molecular formula is C17H16N2O8S2. The third-order valence-electron chi connectivity index (χ3n) is 4.33. The van der Waals surface area contributed by atoms with Crippen molar-refractivity contribution in [2.75, 3.05) is 12.4 Å². The van der Waals surface area contributed by atoms with Crippen molar-refractivity contribution in [3.05, 3.63) is 33.7 Å². The number of nitrogens with zero attached hydrogens (tertiary/aromatic N) is 1. The first-order chi connectivity index (χ1) is 13.7. The van der Waals surface area contributed by atoms with Gasteiger partial charge in [0, 0.05) is 23.1 Å². The van der Waals surface area contributed by atoms with Crippen LogP contribution in [-0.2, 0) is 28.7 Å². The number of thioether (sulfide) groups is 1. The Balaban J connectivity index is 1.77. The number of carbonyl (C=O) groups is 5. The Morgan fingerprint density at radius 3 is 2.62 bits per heavy atom. The molecule has 29 heavy (non-hydrogen) atoms. The van der Waals surface area contributed by atoms with Crippen molar-refractivity contribution in [1.29, 1.82) is 0 Å². The molecule has 3 atom stereocenters. The van der Waals surface area contributed by atoms with Gasteiger partial charge in [0.1, 0.15) is 23.7 Å². The molecule has 2 aliphatic rings. The van der Waals surface area contributed by atoms with E-state index in [0.717, 1.165) is 16.2 Å². The van der Waals surface area contributed by atoms with E-state index < -0.39 is 47.1 Å². The molecule has 3 rings (SSSR count).